The molecule has 0 aromatic carbocycles. The summed E-state index contributed by atoms with van der Waals surface area (Å²) in [5.41, 5.74) is 0. The molecule has 11 heteroatoms. The van der Waals surface area contributed by atoms with Gasteiger partial charge < -0.3 is 24.5 Å². The van der Waals surface area contributed by atoms with Crippen molar-refractivity contribution in [3.63, 3.8) is 0 Å². The summed E-state index contributed by atoms with van der Waals surface area (Å²) in [6.07, 6.45) is 1.87. The molecule has 3 atom stereocenters. The number of fused-ring (bicyclic) bond motifs is 3. The highest BCUT2D eigenvalue weighted by atomic mass is 31.2. The fourth-order valence-electron chi connectivity index (χ4n) is 3.69. The van der Waals surface area contributed by atoms with Gasteiger partial charge in [-0.15, -0.1) is 0 Å². The fourth-order valence-corrected chi connectivity index (χ4v) is 5.52. The average molecular weight is 412 g/mol. The van der Waals surface area contributed by atoms with E-state index in [2.05, 4.69) is 14.7 Å². The highest BCUT2D eigenvalue weighted by Gasteiger charge is 2.23. The largest absolute Gasteiger partial charge is 0.344 e. The van der Waals surface area contributed by atoms with Gasteiger partial charge in [0.1, 0.15) is 6.29 Å². The molecule has 3 N–H and O–H groups in total. The Morgan fingerprint density at radius 1 is 0.654 bits per heavy atom. The second-order valence-corrected chi connectivity index (χ2v) is 11.6. The minimum Gasteiger partial charge on any atom is -0.344 e. The van der Waals surface area contributed by atoms with Crippen molar-refractivity contribution in [2.75, 3.05) is 84.7 Å². The summed E-state index contributed by atoms with van der Waals surface area (Å²) in [6, 6.07) is 0. The topological polar surface area (TPSA) is 108 Å². The summed E-state index contributed by atoms with van der Waals surface area (Å²) in [6.45, 7) is 9.69. The van der Waals surface area contributed by atoms with Gasteiger partial charge in [-0.3, -0.25) is 18.9 Å². The van der Waals surface area contributed by atoms with Crippen LogP contribution >= 0.6 is 15.0 Å². The Morgan fingerprint density at radius 2 is 1.08 bits per heavy atom. The van der Waals surface area contributed by atoms with Crippen molar-refractivity contribution >= 4 is 15.0 Å². The lowest BCUT2D eigenvalue weighted by Gasteiger charge is -2.36. The lowest BCUT2D eigenvalue weighted by Crippen LogP contribution is -2.47. The van der Waals surface area contributed by atoms with Crippen LogP contribution in [0.2, 0.25) is 0 Å². The first-order chi connectivity index (χ1) is 12.1. The molecule has 0 radical (unpaired) electrons. The maximum absolute atomic E-state index is 11.8. The summed E-state index contributed by atoms with van der Waals surface area (Å²) >= 11 is 0. The molecule has 2 aliphatic rings. The van der Waals surface area contributed by atoms with E-state index >= 15 is 0 Å². The van der Waals surface area contributed by atoms with Gasteiger partial charge in [-0.25, -0.2) is 0 Å². The maximum Gasteiger partial charge on any atom is 0.339 e. The van der Waals surface area contributed by atoms with Gasteiger partial charge in [0.05, 0.1) is 6.29 Å². The van der Waals surface area contributed by atoms with E-state index in [4.69, 9.17) is 0 Å². The Balaban J connectivity index is 1.99. The molecular weight excluding hydrogens is 378 g/mol. The third kappa shape index (κ3) is 9.40. The summed E-state index contributed by atoms with van der Waals surface area (Å²) in [5.74, 6) is 0. The van der Waals surface area contributed by atoms with E-state index in [0.29, 0.717) is 13.1 Å². The van der Waals surface area contributed by atoms with E-state index in [1.807, 2.05) is 4.90 Å². The van der Waals surface area contributed by atoms with Crippen LogP contribution in [0.25, 0.3) is 0 Å². The standard InChI is InChI=1S/C15H34N4O5P2/c1-25(20,21)14-18-6-2-4-17-9-8-16(10-12-18)5-3-7-19(13-11-17)15-26(22,23)24/h2-15H2,1H3,(H,20,21)(H2,22,23,24). The van der Waals surface area contributed by atoms with E-state index in [0.717, 1.165) is 65.2 Å². The molecule has 2 heterocycles. The number of nitrogens with zero attached hydrogens (tertiary/aromatic N) is 4. The predicted octanol–water partition coefficient (Wildman–Crippen LogP) is -0.00530. The Labute approximate surface area is 156 Å². The molecule has 154 valence electrons. The molecule has 9 nitrogen and oxygen atoms in total. The Hall–Kier alpha value is 0.180. The van der Waals surface area contributed by atoms with Crippen LogP contribution < -0.4 is 0 Å². The maximum atomic E-state index is 11.8. The van der Waals surface area contributed by atoms with E-state index in [-0.39, 0.29) is 12.6 Å². The molecule has 2 saturated heterocycles. The average Bonchev–Trinajstić information content (AvgIpc) is 2.50. The van der Waals surface area contributed by atoms with Crippen molar-refractivity contribution < 1.29 is 23.8 Å². The Kier molecular flexibility index (Phi) is 8.73. The van der Waals surface area contributed by atoms with E-state index in [1.165, 1.54) is 6.66 Å². The summed E-state index contributed by atoms with van der Waals surface area (Å²) in [5, 5.41) is 0. The SMILES string of the molecule is CP(=O)(O)CN1CCCN2CCN(CCCN(CP(=O)(O)O)CC2)CC1. The van der Waals surface area contributed by atoms with Crippen LogP contribution in [0.15, 0.2) is 0 Å². The van der Waals surface area contributed by atoms with Crippen LogP contribution in [0, 0.1) is 0 Å². The monoisotopic (exact) mass is 412 g/mol. The van der Waals surface area contributed by atoms with Gasteiger partial charge in [-0.2, -0.15) is 0 Å². The van der Waals surface area contributed by atoms with Crippen LogP contribution in [0.4, 0.5) is 0 Å². The van der Waals surface area contributed by atoms with Gasteiger partial charge in [0.25, 0.3) is 0 Å². The normalized spacial score (nSPS) is 30.6. The zero-order chi connectivity index (χ0) is 19.2. The summed E-state index contributed by atoms with van der Waals surface area (Å²) in [4.78, 5) is 37.0. The second-order valence-electron chi connectivity index (χ2n) is 7.62. The minimum atomic E-state index is -4.04. The Bertz CT molecular complexity index is 480. The lowest BCUT2D eigenvalue weighted by molar-refractivity contribution is 0.128. The molecule has 2 rings (SSSR count). The zero-order valence-electron chi connectivity index (χ0n) is 15.7. The highest BCUT2D eigenvalue weighted by Crippen LogP contribution is 2.36. The molecule has 2 bridgehead atoms. The Morgan fingerprint density at radius 3 is 1.50 bits per heavy atom. The van der Waals surface area contributed by atoms with E-state index in [9.17, 15) is 23.8 Å². The van der Waals surface area contributed by atoms with Crippen molar-refractivity contribution in [2.45, 2.75) is 12.8 Å². The molecular formula is C15H34N4O5P2. The third-order valence-electron chi connectivity index (χ3n) is 4.94. The zero-order valence-corrected chi connectivity index (χ0v) is 17.5. The van der Waals surface area contributed by atoms with Crippen LogP contribution in [-0.2, 0) is 9.13 Å². The molecule has 0 aromatic heterocycles. The molecule has 26 heavy (non-hydrogen) atoms. The molecule has 0 aliphatic carbocycles. The van der Waals surface area contributed by atoms with Crippen LogP contribution in [0.5, 0.6) is 0 Å². The number of hydrogen-bond donors (Lipinski definition) is 3. The van der Waals surface area contributed by atoms with Crippen molar-refractivity contribution in [1.82, 2.24) is 19.6 Å². The first kappa shape index (κ1) is 22.5. The molecule has 0 spiro atoms. The molecule has 2 fully saturated rings. The van der Waals surface area contributed by atoms with Crippen LogP contribution in [-0.4, -0.2) is 119 Å². The molecule has 0 aromatic rings. The first-order valence-electron chi connectivity index (χ1n) is 9.34. The second kappa shape index (κ2) is 10.1. The molecule has 0 saturated carbocycles. The van der Waals surface area contributed by atoms with Crippen LogP contribution in [0.1, 0.15) is 12.8 Å². The molecule has 0 amide bonds. The minimum absolute atomic E-state index is 0.170. The summed E-state index contributed by atoms with van der Waals surface area (Å²) in [7, 11) is -7.10. The van der Waals surface area contributed by atoms with Gasteiger partial charge in [0.15, 0.2) is 0 Å². The summed E-state index contributed by atoms with van der Waals surface area (Å²) < 4.78 is 23.2. The van der Waals surface area contributed by atoms with Crippen molar-refractivity contribution in [1.29, 1.82) is 0 Å². The fraction of sp³-hybridized carbons (Fsp3) is 1.00. The van der Waals surface area contributed by atoms with Gasteiger partial charge in [-0.1, -0.05) is 0 Å². The van der Waals surface area contributed by atoms with Crippen molar-refractivity contribution in [3.05, 3.63) is 0 Å². The van der Waals surface area contributed by atoms with Gasteiger partial charge >= 0.3 is 7.60 Å². The smallest absolute Gasteiger partial charge is 0.339 e. The molecule has 2 aliphatic heterocycles. The van der Waals surface area contributed by atoms with Crippen molar-refractivity contribution in [3.8, 4) is 0 Å². The van der Waals surface area contributed by atoms with E-state index in [1.54, 1.807) is 0 Å². The molecule has 3 unspecified atom stereocenters. The quantitative estimate of drug-likeness (QED) is 0.550. The predicted molar refractivity (Wildman–Crippen MR) is 103 cm³/mol. The first-order valence-corrected chi connectivity index (χ1v) is 13.4. The van der Waals surface area contributed by atoms with Crippen LogP contribution in [0.3, 0.4) is 0 Å². The third-order valence-corrected chi connectivity index (χ3v) is 6.63. The van der Waals surface area contributed by atoms with Crippen molar-refractivity contribution in [2.24, 2.45) is 0 Å². The highest BCUT2D eigenvalue weighted by molar-refractivity contribution is 7.57. The number of hydrogen-bond acceptors (Lipinski definition) is 6. The van der Waals surface area contributed by atoms with Gasteiger partial charge in [-0.05, 0) is 32.5 Å². The number of rotatable bonds is 4. The lowest BCUT2D eigenvalue weighted by atomic mass is 10.2. The van der Waals surface area contributed by atoms with Gasteiger partial charge in [0.2, 0.25) is 7.37 Å². The van der Waals surface area contributed by atoms with Gasteiger partial charge in [0, 0.05) is 52.5 Å². The van der Waals surface area contributed by atoms with E-state index < -0.39 is 15.0 Å².